The van der Waals surface area contributed by atoms with Crippen molar-refractivity contribution in [2.45, 2.75) is 13.3 Å². The zero-order valence-electron chi connectivity index (χ0n) is 11.4. The van der Waals surface area contributed by atoms with E-state index in [0.717, 1.165) is 15.3 Å². The number of hydrogen-bond donors (Lipinski definition) is 0. The van der Waals surface area contributed by atoms with Crippen molar-refractivity contribution in [1.82, 2.24) is 4.98 Å². The third kappa shape index (κ3) is 3.16. The van der Waals surface area contributed by atoms with Gasteiger partial charge in [-0.3, -0.25) is 0 Å². The Kier molecular flexibility index (Phi) is 3.80. The quantitative estimate of drug-likeness (QED) is 0.621. The molecule has 0 N–H and O–H groups in total. The van der Waals surface area contributed by atoms with E-state index < -0.39 is 5.95 Å². The molecule has 3 rings (SSSR count). The highest BCUT2D eigenvalue weighted by Crippen LogP contribution is 2.28. The monoisotopic (exact) mass is 301 g/mol. The Hall–Kier alpha value is -2.07. The number of halogens is 2. The van der Waals surface area contributed by atoms with E-state index in [2.05, 4.69) is 4.98 Å². The van der Waals surface area contributed by atoms with Gasteiger partial charge >= 0.3 is 0 Å². The maximum absolute atomic E-state index is 13.8. The topological polar surface area (TPSA) is 12.9 Å². The predicted octanol–water partition coefficient (Wildman–Crippen LogP) is 4.99. The molecule has 0 fully saturated rings. The number of thiophene rings is 1. The van der Waals surface area contributed by atoms with Crippen LogP contribution < -0.4 is 0 Å². The van der Waals surface area contributed by atoms with Crippen LogP contribution in [0.3, 0.4) is 0 Å². The molecule has 0 amide bonds. The third-order valence-corrected chi connectivity index (χ3v) is 4.30. The molecule has 0 aliphatic heterocycles. The van der Waals surface area contributed by atoms with Crippen LogP contribution in [0.25, 0.3) is 10.6 Å². The van der Waals surface area contributed by atoms with Gasteiger partial charge in [-0.2, -0.15) is 4.39 Å². The second-order valence-electron chi connectivity index (χ2n) is 4.88. The zero-order valence-corrected chi connectivity index (χ0v) is 12.3. The molecular weight excluding hydrogens is 288 g/mol. The first kappa shape index (κ1) is 13.9. The van der Waals surface area contributed by atoms with E-state index >= 15 is 0 Å². The first-order chi connectivity index (χ1) is 10.1. The van der Waals surface area contributed by atoms with E-state index in [4.69, 9.17) is 0 Å². The van der Waals surface area contributed by atoms with Crippen molar-refractivity contribution in [3.05, 3.63) is 76.3 Å². The van der Waals surface area contributed by atoms with Crippen molar-refractivity contribution in [3.8, 4) is 10.6 Å². The first-order valence-electron chi connectivity index (χ1n) is 6.58. The molecule has 106 valence electrons. The number of hydrogen-bond acceptors (Lipinski definition) is 2. The summed E-state index contributed by atoms with van der Waals surface area (Å²) in [5, 5.41) is 0. The highest BCUT2D eigenvalue weighted by molar-refractivity contribution is 7.15. The number of pyridine rings is 1. The molecule has 0 saturated heterocycles. The highest BCUT2D eigenvalue weighted by atomic mass is 32.1. The number of rotatable bonds is 3. The predicted molar refractivity (Wildman–Crippen MR) is 81.5 cm³/mol. The smallest absolute Gasteiger partial charge is 0.213 e. The Morgan fingerprint density at radius 1 is 1.05 bits per heavy atom. The largest absolute Gasteiger partial charge is 0.219 e. The van der Waals surface area contributed by atoms with Gasteiger partial charge in [0.15, 0.2) is 0 Å². The summed E-state index contributed by atoms with van der Waals surface area (Å²) in [6, 6.07) is 13.7. The molecule has 0 unspecified atom stereocenters. The van der Waals surface area contributed by atoms with Crippen molar-refractivity contribution in [2.75, 3.05) is 0 Å². The molecule has 0 spiro atoms. The van der Waals surface area contributed by atoms with Gasteiger partial charge in [0.2, 0.25) is 5.95 Å². The fraction of sp³-hybridized carbons (Fsp3) is 0.118. The Morgan fingerprint density at radius 2 is 1.90 bits per heavy atom. The van der Waals surface area contributed by atoms with Gasteiger partial charge in [0.1, 0.15) is 5.82 Å². The normalized spacial score (nSPS) is 10.8. The van der Waals surface area contributed by atoms with E-state index in [1.165, 1.54) is 23.5 Å². The van der Waals surface area contributed by atoms with Crippen LogP contribution >= 0.6 is 11.3 Å². The molecule has 2 heterocycles. The molecule has 4 heteroatoms. The van der Waals surface area contributed by atoms with Gasteiger partial charge in [-0.15, -0.1) is 11.3 Å². The van der Waals surface area contributed by atoms with Crippen LogP contribution in [0.5, 0.6) is 0 Å². The fourth-order valence-corrected chi connectivity index (χ4v) is 3.18. The molecular formula is C17H13F2NS. The van der Waals surface area contributed by atoms with Gasteiger partial charge in [0.05, 0.1) is 10.6 Å². The summed E-state index contributed by atoms with van der Waals surface area (Å²) in [5.74, 6) is -0.688. The lowest BCUT2D eigenvalue weighted by Crippen LogP contribution is -1.91. The fourth-order valence-electron chi connectivity index (χ4n) is 2.18. The lowest BCUT2D eigenvalue weighted by molar-refractivity contribution is 0.585. The molecule has 3 aromatic rings. The summed E-state index contributed by atoms with van der Waals surface area (Å²) in [7, 11) is 0. The van der Waals surface area contributed by atoms with Crippen LogP contribution in [-0.4, -0.2) is 4.98 Å². The number of nitrogens with zero attached hydrogens (tertiary/aromatic N) is 1. The SMILES string of the molecule is Cc1ccc(F)c(Cc2ccc(-c3cccc(F)n3)s2)c1. The Labute approximate surface area is 125 Å². The van der Waals surface area contributed by atoms with E-state index in [9.17, 15) is 8.78 Å². The standard InChI is InChI=1S/C17H13F2NS/c1-11-5-7-14(18)12(9-11)10-13-6-8-16(21-13)15-3-2-4-17(19)20-15/h2-9H,10H2,1H3. The molecule has 1 nitrogen and oxygen atoms in total. The molecule has 0 saturated carbocycles. The highest BCUT2D eigenvalue weighted by Gasteiger charge is 2.08. The average Bonchev–Trinajstić information content (AvgIpc) is 2.91. The van der Waals surface area contributed by atoms with Crippen LogP contribution in [-0.2, 0) is 6.42 Å². The van der Waals surface area contributed by atoms with Gasteiger partial charge in [0, 0.05) is 11.3 Å². The van der Waals surface area contributed by atoms with Crippen molar-refractivity contribution in [2.24, 2.45) is 0 Å². The average molecular weight is 301 g/mol. The molecule has 2 aromatic heterocycles. The summed E-state index contributed by atoms with van der Waals surface area (Å²) in [4.78, 5) is 5.78. The zero-order chi connectivity index (χ0) is 14.8. The number of aryl methyl sites for hydroxylation is 1. The van der Waals surface area contributed by atoms with Gasteiger partial charge in [-0.05, 0) is 42.8 Å². The molecule has 0 atom stereocenters. The minimum atomic E-state index is -0.493. The van der Waals surface area contributed by atoms with Crippen LogP contribution in [0.4, 0.5) is 8.78 Å². The summed E-state index contributed by atoms with van der Waals surface area (Å²) in [5.41, 5.74) is 2.32. The minimum absolute atomic E-state index is 0.195. The summed E-state index contributed by atoms with van der Waals surface area (Å²) < 4.78 is 26.9. The van der Waals surface area contributed by atoms with E-state index in [1.807, 2.05) is 25.1 Å². The van der Waals surface area contributed by atoms with Crippen molar-refractivity contribution in [3.63, 3.8) is 0 Å². The molecule has 21 heavy (non-hydrogen) atoms. The second-order valence-corrected chi connectivity index (χ2v) is 6.05. The molecule has 0 aliphatic rings. The number of benzene rings is 1. The number of aromatic nitrogens is 1. The van der Waals surface area contributed by atoms with E-state index in [1.54, 1.807) is 18.2 Å². The van der Waals surface area contributed by atoms with Crippen LogP contribution in [0.2, 0.25) is 0 Å². The van der Waals surface area contributed by atoms with Crippen LogP contribution in [0.15, 0.2) is 48.5 Å². The molecule has 0 bridgehead atoms. The Balaban J connectivity index is 1.87. The molecule has 0 radical (unpaired) electrons. The maximum atomic E-state index is 13.8. The van der Waals surface area contributed by atoms with Crippen LogP contribution in [0.1, 0.15) is 16.0 Å². The first-order valence-corrected chi connectivity index (χ1v) is 7.40. The van der Waals surface area contributed by atoms with E-state index in [0.29, 0.717) is 17.7 Å². The summed E-state index contributed by atoms with van der Waals surface area (Å²) >= 11 is 1.51. The van der Waals surface area contributed by atoms with Crippen molar-refractivity contribution in [1.29, 1.82) is 0 Å². The Morgan fingerprint density at radius 3 is 2.71 bits per heavy atom. The maximum Gasteiger partial charge on any atom is 0.213 e. The van der Waals surface area contributed by atoms with E-state index in [-0.39, 0.29) is 5.82 Å². The van der Waals surface area contributed by atoms with Crippen molar-refractivity contribution < 1.29 is 8.78 Å². The second kappa shape index (κ2) is 5.74. The lowest BCUT2D eigenvalue weighted by Gasteiger charge is -2.02. The summed E-state index contributed by atoms with van der Waals surface area (Å²) in [6.07, 6.45) is 0.535. The minimum Gasteiger partial charge on any atom is -0.219 e. The van der Waals surface area contributed by atoms with Gasteiger partial charge < -0.3 is 0 Å². The summed E-state index contributed by atoms with van der Waals surface area (Å²) in [6.45, 7) is 1.94. The Bertz CT molecular complexity index is 780. The van der Waals surface area contributed by atoms with Gasteiger partial charge in [-0.25, -0.2) is 9.37 Å². The molecule has 0 aliphatic carbocycles. The van der Waals surface area contributed by atoms with Gasteiger partial charge in [-0.1, -0.05) is 23.8 Å². The lowest BCUT2D eigenvalue weighted by atomic mass is 10.1. The third-order valence-electron chi connectivity index (χ3n) is 3.20. The van der Waals surface area contributed by atoms with Crippen LogP contribution in [0, 0.1) is 18.7 Å². The van der Waals surface area contributed by atoms with Gasteiger partial charge in [0.25, 0.3) is 0 Å². The van der Waals surface area contributed by atoms with Crippen molar-refractivity contribution >= 4 is 11.3 Å². The molecule has 1 aromatic carbocycles.